The van der Waals surface area contributed by atoms with Gasteiger partial charge in [-0.2, -0.15) is 17.9 Å². The Morgan fingerprint density at radius 3 is 2.68 bits per heavy atom. The van der Waals surface area contributed by atoms with Gasteiger partial charge in [0.1, 0.15) is 5.82 Å². The first-order valence-corrected chi connectivity index (χ1v) is 11.1. The Morgan fingerprint density at radius 2 is 1.94 bits per heavy atom. The number of nitrogens with zero attached hydrogens (tertiary/aromatic N) is 3. The van der Waals surface area contributed by atoms with Gasteiger partial charge in [-0.1, -0.05) is 23.7 Å². The number of alkyl halides is 3. The molecule has 1 amide bonds. The lowest BCUT2D eigenvalue weighted by Gasteiger charge is -2.33. The summed E-state index contributed by atoms with van der Waals surface area (Å²) in [5.74, 6) is -0.283. The fourth-order valence-corrected chi connectivity index (χ4v) is 4.06. The first kappa shape index (κ1) is 23.8. The zero-order valence-corrected chi connectivity index (χ0v) is 19.0. The molecule has 0 bridgehead atoms. The average molecular weight is 491 g/mol. The van der Waals surface area contributed by atoms with Crippen molar-refractivity contribution in [1.29, 1.82) is 0 Å². The second kappa shape index (κ2) is 9.50. The van der Waals surface area contributed by atoms with Crippen LogP contribution >= 0.6 is 11.6 Å². The lowest BCUT2D eigenvalue weighted by atomic mass is 9.97. The van der Waals surface area contributed by atoms with Gasteiger partial charge in [-0.05, 0) is 61.7 Å². The van der Waals surface area contributed by atoms with Crippen molar-refractivity contribution < 1.29 is 18.0 Å². The highest BCUT2D eigenvalue weighted by atomic mass is 35.5. The Kier molecular flexibility index (Phi) is 6.65. The second-order valence-corrected chi connectivity index (χ2v) is 8.64. The van der Waals surface area contributed by atoms with Crippen LogP contribution in [0, 0.1) is 12.8 Å². The number of carbonyl (C=O) groups excluding carboxylic acids is 1. The minimum atomic E-state index is -4.49. The Bertz CT molecular complexity index is 1280. The van der Waals surface area contributed by atoms with Crippen LogP contribution in [0.3, 0.4) is 0 Å². The van der Waals surface area contributed by atoms with Gasteiger partial charge in [0.05, 0.1) is 17.2 Å². The van der Waals surface area contributed by atoms with Crippen LogP contribution in [-0.4, -0.2) is 28.8 Å². The third kappa shape index (κ3) is 5.25. The van der Waals surface area contributed by atoms with Gasteiger partial charge >= 0.3 is 6.18 Å². The Labute approximate surface area is 199 Å². The van der Waals surface area contributed by atoms with Crippen molar-refractivity contribution in [2.75, 3.05) is 23.3 Å². The first-order chi connectivity index (χ1) is 16.1. The molecule has 3 aromatic rings. The van der Waals surface area contributed by atoms with Crippen molar-refractivity contribution in [1.82, 2.24) is 9.78 Å². The number of hydrogen-bond acceptors (Lipinski definition) is 4. The van der Waals surface area contributed by atoms with Gasteiger partial charge in [0.15, 0.2) is 0 Å². The number of anilines is 2. The molecule has 1 aromatic heterocycles. The van der Waals surface area contributed by atoms with Gasteiger partial charge in [-0.3, -0.25) is 9.59 Å². The summed E-state index contributed by atoms with van der Waals surface area (Å²) in [6.45, 7) is 2.81. The van der Waals surface area contributed by atoms with E-state index >= 15 is 0 Å². The zero-order chi connectivity index (χ0) is 24.5. The van der Waals surface area contributed by atoms with Gasteiger partial charge in [-0.25, -0.2) is 0 Å². The molecule has 0 saturated carbocycles. The number of piperidine rings is 1. The Hall–Kier alpha value is -3.33. The van der Waals surface area contributed by atoms with Crippen molar-refractivity contribution in [2.24, 2.45) is 5.92 Å². The number of benzene rings is 2. The maximum atomic E-state index is 13.0. The van der Waals surface area contributed by atoms with Crippen LogP contribution in [-0.2, 0) is 11.0 Å². The van der Waals surface area contributed by atoms with E-state index in [2.05, 4.69) is 10.4 Å². The molecule has 1 fully saturated rings. The number of hydrogen-bond donors (Lipinski definition) is 1. The third-order valence-corrected chi connectivity index (χ3v) is 6.17. The molecule has 2 aromatic carbocycles. The molecule has 0 spiro atoms. The molecule has 1 aliphatic rings. The van der Waals surface area contributed by atoms with E-state index in [1.165, 1.54) is 22.9 Å². The van der Waals surface area contributed by atoms with E-state index in [-0.39, 0.29) is 17.2 Å². The second-order valence-electron chi connectivity index (χ2n) is 8.23. The molecule has 178 valence electrons. The highest BCUT2D eigenvalue weighted by molar-refractivity contribution is 6.31. The number of aryl methyl sites for hydroxylation is 1. The fraction of sp³-hybridized carbons (Fsp3) is 0.292. The number of aromatic nitrogens is 2. The fourth-order valence-electron chi connectivity index (χ4n) is 3.89. The van der Waals surface area contributed by atoms with Crippen LogP contribution in [0.4, 0.5) is 24.7 Å². The Balaban J connectivity index is 1.51. The number of rotatable bonds is 4. The van der Waals surface area contributed by atoms with Gasteiger partial charge in [0, 0.05) is 29.9 Å². The summed E-state index contributed by atoms with van der Waals surface area (Å²) in [4.78, 5) is 27.1. The lowest BCUT2D eigenvalue weighted by Crippen LogP contribution is -2.41. The molecule has 1 aliphatic heterocycles. The van der Waals surface area contributed by atoms with Gasteiger partial charge in [0.25, 0.3) is 5.56 Å². The smallest absolute Gasteiger partial charge is 0.354 e. The lowest BCUT2D eigenvalue weighted by molar-refractivity contribution is -0.137. The molecular formula is C24H22ClF3N4O2. The topological polar surface area (TPSA) is 67.2 Å². The van der Waals surface area contributed by atoms with Crippen LogP contribution in [0.15, 0.2) is 59.4 Å². The molecule has 10 heteroatoms. The van der Waals surface area contributed by atoms with E-state index in [0.717, 1.165) is 17.7 Å². The van der Waals surface area contributed by atoms with E-state index in [0.29, 0.717) is 42.5 Å². The number of nitrogens with one attached hydrogen (secondary N) is 1. The minimum absolute atomic E-state index is 0.0971. The molecule has 1 N–H and O–H groups in total. The highest BCUT2D eigenvalue weighted by Gasteiger charge is 2.31. The van der Waals surface area contributed by atoms with Gasteiger partial charge in [0.2, 0.25) is 5.91 Å². The number of carbonyl (C=O) groups is 1. The summed E-state index contributed by atoms with van der Waals surface area (Å²) in [6, 6.07) is 12.8. The van der Waals surface area contributed by atoms with Crippen molar-refractivity contribution in [2.45, 2.75) is 25.9 Å². The zero-order valence-electron chi connectivity index (χ0n) is 18.3. The van der Waals surface area contributed by atoms with Crippen LogP contribution in [0.1, 0.15) is 24.0 Å². The van der Waals surface area contributed by atoms with E-state index in [4.69, 9.17) is 11.6 Å². The quantitative estimate of drug-likeness (QED) is 0.554. The molecule has 0 aliphatic carbocycles. The molecule has 34 heavy (non-hydrogen) atoms. The van der Waals surface area contributed by atoms with Crippen molar-refractivity contribution in [3.8, 4) is 5.69 Å². The summed E-state index contributed by atoms with van der Waals surface area (Å²) in [5.41, 5.74) is 0.358. The van der Waals surface area contributed by atoms with Crippen LogP contribution in [0.2, 0.25) is 5.02 Å². The summed E-state index contributed by atoms with van der Waals surface area (Å²) in [7, 11) is 0. The summed E-state index contributed by atoms with van der Waals surface area (Å²) >= 11 is 6.20. The molecule has 1 unspecified atom stereocenters. The number of halogens is 4. The largest absolute Gasteiger partial charge is 0.416 e. The SMILES string of the molecule is Cc1ccc(-n2nc(N3CCCC(C(=O)Nc4cccc(C(F)(F)F)c4)C3)ccc2=O)cc1Cl. The predicted molar refractivity (Wildman–Crippen MR) is 125 cm³/mol. The summed E-state index contributed by atoms with van der Waals surface area (Å²) < 4.78 is 40.2. The molecule has 6 nitrogen and oxygen atoms in total. The average Bonchev–Trinajstić information content (AvgIpc) is 2.81. The van der Waals surface area contributed by atoms with E-state index in [1.54, 1.807) is 24.3 Å². The van der Waals surface area contributed by atoms with Gasteiger partial charge in [-0.15, -0.1) is 5.10 Å². The van der Waals surface area contributed by atoms with Crippen LogP contribution < -0.4 is 15.8 Å². The number of amides is 1. The molecule has 2 heterocycles. The monoisotopic (exact) mass is 490 g/mol. The van der Waals surface area contributed by atoms with Crippen molar-refractivity contribution >= 4 is 29.0 Å². The third-order valence-electron chi connectivity index (χ3n) is 5.76. The van der Waals surface area contributed by atoms with Crippen LogP contribution in [0.25, 0.3) is 5.69 Å². The maximum Gasteiger partial charge on any atom is 0.416 e. The standard InChI is InChI=1S/C24H22ClF3N4O2/c1-15-7-8-19(13-20(15)25)32-22(33)10-9-21(30-32)31-11-3-4-16(14-31)23(34)29-18-6-2-5-17(12-18)24(26,27)28/h2,5-10,12-13,16H,3-4,11,14H2,1H3,(H,29,34). The highest BCUT2D eigenvalue weighted by Crippen LogP contribution is 2.31. The van der Waals surface area contributed by atoms with E-state index in [9.17, 15) is 22.8 Å². The van der Waals surface area contributed by atoms with Crippen molar-refractivity contribution in [3.05, 3.63) is 81.1 Å². The van der Waals surface area contributed by atoms with E-state index in [1.807, 2.05) is 11.8 Å². The van der Waals surface area contributed by atoms with E-state index < -0.39 is 17.7 Å². The van der Waals surface area contributed by atoms with Crippen LogP contribution in [0.5, 0.6) is 0 Å². The summed E-state index contributed by atoms with van der Waals surface area (Å²) in [6.07, 6.45) is -3.20. The van der Waals surface area contributed by atoms with Crippen molar-refractivity contribution in [3.63, 3.8) is 0 Å². The molecule has 0 radical (unpaired) electrons. The summed E-state index contributed by atoms with van der Waals surface area (Å²) in [5, 5.41) is 7.58. The molecular weight excluding hydrogens is 469 g/mol. The Morgan fingerprint density at radius 1 is 1.15 bits per heavy atom. The normalized spacial score (nSPS) is 16.4. The maximum absolute atomic E-state index is 13.0. The first-order valence-electron chi connectivity index (χ1n) is 10.7. The van der Waals surface area contributed by atoms with Gasteiger partial charge < -0.3 is 10.2 Å². The predicted octanol–water partition coefficient (Wildman–Crippen LogP) is 5.07. The molecule has 4 rings (SSSR count). The molecule has 1 saturated heterocycles. The minimum Gasteiger partial charge on any atom is -0.354 e. The molecule has 1 atom stereocenters.